The number of carbonyl (C=O) groups is 1. The number of pyridine rings is 3. The summed E-state index contributed by atoms with van der Waals surface area (Å²) in [4.78, 5) is 21.5. The van der Waals surface area contributed by atoms with Crippen molar-refractivity contribution in [3.8, 4) is 44.8 Å². The van der Waals surface area contributed by atoms with Crippen LogP contribution < -0.4 is 0 Å². The summed E-state index contributed by atoms with van der Waals surface area (Å²) in [7, 11) is 0. The number of rotatable bonds is 3. The normalized spacial score (nSPS) is 15.5. The van der Waals surface area contributed by atoms with Crippen molar-refractivity contribution in [1.29, 1.82) is 0 Å². The largest absolute Gasteiger partial charge is 0.477 e. The average molecular weight is 1350 g/mol. The summed E-state index contributed by atoms with van der Waals surface area (Å²) >= 11 is 0. The Morgan fingerprint density at radius 2 is 1.03 bits per heavy atom. The van der Waals surface area contributed by atoms with Gasteiger partial charge in [0.15, 0.2) is 5.41 Å². The molecule has 9 rings (SSSR count). The van der Waals surface area contributed by atoms with Crippen molar-refractivity contribution in [3.63, 3.8) is 0 Å². The Hall–Kier alpha value is -5.95. The molecule has 22 heteroatoms. The van der Waals surface area contributed by atoms with Crippen LogP contribution >= 0.6 is 0 Å². The SMILES string of the molecule is CC1(C(F)(F)F)c2cc(-c3ccc(C(F)(F)F)cn3)[c-]cc2-c2ccc(C(F)(F)F)cc21.FC(F)(F)C1(C(F)(F)F)c2c[c-]c(-c3ccccn3)cc2-c2ccccc21.O=C(O)c1ccccn1.[Ir].[Ir]. The molecule has 1 N–H and O–H groups in total. The van der Waals surface area contributed by atoms with E-state index < -0.39 is 75.5 Å². The number of fused-ring (bicyclic) bond motifs is 6. The maximum atomic E-state index is 14.2. The minimum atomic E-state index is -5.56. The molecule has 0 fully saturated rings. The number of carboxylic acid groups (broad SMARTS) is 1. The van der Waals surface area contributed by atoms with E-state index in [9.17, 15) is 70.7 Å². The van der Waals surface area contributed by atoms with Gasteiger partial charge < -0.3 is 15.1 Å². The number of hydrogen-bond acceptors (Lipinski definition) is 4. The molecule has 3 heterocycles. The number of alkyl halides is 15. The van der Waals surface area contributed by atoms with Crippen LogP contribution in [0, 0.1) is 12.1 Å². The van der Waals surface area contributed by atoms with E-state index in [2.05, 4.69) is 27.1 Å². The standard InChI is InChI=1S/C22H11F9N.C20H10F6N.C6H5NO2.2Ir/c1-19(22(29,30)31)16-8-11(18-7-4-13(10-32-18)21(26,27)28)2-5-14(16)15-6-3-12(9-17(15)19)20(23,24)25;21-19(22,23)18(20(24,25)26)15-6-2-1-5-13(15)14-11-12(8-9-16(14)18)17-7-3-4-10-27-17;8-6(9)5-3-1-2-4-7-5;;/h3-10H,1H3;1-7,9-11H;1-4H,(H,8,9);;/q2*-1;;;. The van der Waals surface area contributed by atoms with Gasteiger partial charge in [-0.3, -0.25) is 0 Å². The molecule has 3 aromatic heterocycles. The first-order chi connectivity index (χ1) is 31.6. The number of halogens is 15. The molecular weight excluding hydrogens is 1320 g/mol. The topological polar surface area (TPSA) is 76.0 Å². The summed E-state index contributed by atoms with van der Waals surface area (Å²) in [6.07, 6.45) is -22.1. The molecule has 5 nitrogen and oxygen atoms in total. The van der Waals surface area contributed by atoms with Crippen LogP contribution in [-0.2, 0) is 63.4 Å². The molecule has 1 unspecified atom stereocenters. The smallest absolute Gasteiger partial charge is 0.417 e. The Bertz CT molecular complexity index is 2980. The fraction of sp³-hybridized carbons (Fsp3) is 0.167. The van der Waals surface area contributed by atoms with Crippen LogP contribution in [0.1, 0.15) is 50.8 Å². The molecule has 0 aliphatic heterocycles. The van der Waals surface area contributed by atoms with Crippen molar-refractivity contribution in [2.75, 3.05) is 0 Å². The number of nitrogens with zero attached hydrogens (tertiary/aromatic N) is 3. The van der Waals surface area contributed by atoms with Gasteiger partial charge in [0.1, 0.15) is 5.69 Å². The molecule has 2 aliphatic rings. The predicted molar refractivity (Wildman–Crippen MR) is 214 cm³/mol. The van der Waals surface area contributed by atoms with Crippen molar-refractivity contribution in [3.05, 3.63) is 185 Å². The van der Waals surface area contributed by atoms with Crippen molar-refractivity contribution in [2.24, 2.45) is 0 Å². The van der Waals surface area contributed by atoms with E-state index in [4.69, 9.17) is 5.11 Å². The zero-order chi connectivity index (χ0) is 49.8. The van der Waals surface area contributed by atoms with Crippen molar-refractivity contribution < 1.29 is 116 Å². The Morgan fingerprint density at radius 1 is 0.500 bits per heavy atom. The first kappa shape index (κ1) is 55.0. The summed E-state index contributed by atoms with van der Waals surface area (Å²) in [5.74, 6) is -0.990. The minimum absolute atomic E-state index is 0. The second-order valence-electron chi connectivity index (χ2n) is 15.2. The number of aromatic nitrogens is 3. The fourth-order valence-corrected chi connectivity index (χ4v) is 7.96. The van der Waals surface area contributed by atoms with E-state index in [1.807, 2.05) is 0 Å². The van der Waals surface area contributed by atoms with Gasteiger partial charge in [0.05, 0.1) is 16.5 Å². The molecule has 0 amide bonds. The summed E-state index contributed by atoms with van der Waals surface area (Å²) in [6.45, 7) is 0.780. The van der Waals surface area contributed by atoms with Gasteiger partial charge in [-0.1, -0.05) is 89.0 Å². The minimum Gasteiger partial charge on any atom is -0.477 e. The van der Waals surface area contributed by atoms with Gasteiger partial charge in [-0.25, -0.2) is 9.78 Å². The number of aromatic carboxylic acids is 1. The van der Waals surface area contributed by atoms with Crippen LogP contribution in [0.4, 0.5) is 65.9 Å². The molecule has 0 bridgehead atoms. The zero-order valence-electron chi connectivity index (χ0n) is 34.7. The Labute approximate surface area is 413 Å². The van der Waals surface area contributed by atoms with Gasteiger partial charge >= 0.3 is 36.9 Å². The van der Waals surface area contributed by atoms with Crippen molar-refractivity contribution >= 4 is 5.97 Å². The molecular formula is C48H26F15Ir2N3O2-2. The molecule has 0 spiro atoms. The summed E-state index contributed by atoms with van der Waals surface area (Å²) < 4.78 is 204. The first-order valence-electron chi connectivity index (χ1n) is 19.4. The number of carboxylic acids is 1. The van der Waals surface area contributed by atoms with Gasteiger partial charge in [0.2, 0.25) is 0 Å². The first-order valence-corrected chi connectivity index (χ1v) is 19.4. The number of benzene rings is 4. The third-order valence-corrected chi connectivity index (χ3v) is 11.3. The van der Waals surface area contributed by atoms with Gasteiger partial charge in [-0.05, 0) is 59.3 Å². The third kappa shape index (κ3) is 9.87. The molecule has 2 radical (unpaired) electrons. The van der Waals surface area contributed by atoms with Crippen LogP contribution in [-0.4, -0.2) is 44.6 Å². The molecule has 1 atom stereocenters. The van der Waals surface area contributed by atoms with Crippen LogP contribution in [0.2, 0.25) is 0 Å². The predicted octanol–water partition coefficient (Wildman–Crippen LogP) is 14.1. The molecule has 0 saturated heterocycles. The van der Waals surface area contributed by atoms with Crippen LogP contribution in [0.15, 0.2) is 134 Å². The van der Waals surface area contributed by atoms with E-state index in [1.165, 1.54) is 48.8 Å². The van der Waals surface area contributed by atoms with Gasteiger partial charge in [-0.15, -0.1) is 53.1 Å². The average Bonchev–Trinajstić information content (AvgIpc) is 3.74. The fourth-order valence-electron chi connectivity index (χ4n) is 7.96. The van der Waals surface area contributed by atoms with Crippen molar-refractivity contribution in [2.45, 2.75) is 48.6 Å². The van der Waals surface area contributed by atoms with E-state index in [1.54, 1.807) is 30.3 Å². The maximum Gasteiger partial charge on any atom is 0.417 e. The Morgan fingerprint density at radius 3 is 1.54 bits per heavy atom. The summed E-state index contributed by atoms with van der Waals surface area (Å²) in [6, 6.07) is 27.9. The summed E-state index contributed by atoms with van der Waals surface area (Å²) in [5, 5.41) is 8.32. The van der Waals surface area contributed by atoms with Gasteiger partial charge in [0.25, 0.3) is 0 Å². The van der Waals surface area contributed by atoms with E-state index in [-0.39, 0.29) is 85.0 Å². The summed E-state index contributed by atoms with van der Waals surface area (Å²) in [5.41, 5.74) is -11.1. The monoisotopic (exact) mass is 1350 g/mol. The molecule has 370 valence electrons. The van der Waals surface area contributed by atoms with Gasteiger partial charge in [-0.2, -0.15) is 65.9 Å². The van der Waals surface area contributed by atoms with E-state index in [0.717, 1.165) is 43.3 Å². The second-order valence-corrected chi connectivity index (χ2v) is 15.2. The van der Waals surface area contributed by atoms with Crippen LogP contribution in [0.25, 0.3) is 44.8 Å². The maximum absolute atomic E-state index is 14.2. The molecule has 2 aliphatic carbocycles. The second kappa shape index (κ2) is 19.7. The molecule has 70 heavy (non-hydrogen) atoms. The van der Waals surface area contributed by atoms with E-state index in [0.29, 0.717) is 29.6 Å². The Balaban J connectivity index is 0.000000218. The zero-order valence-corrected chi connectivity index (χ0v) is 39.5. The molecule has 0 saturated carbocycles. The quantitative estimate of drug-likeness (QED) is 0.141. The third-order valence-electron chi connectivity index (χ3n) is 11.3. The van der Waals surface area contributed by atoms with E-state index >= 15 is 0 Å². The molecule has 4 aromatic carbocycles. The number of hydrogen-bond donors (Lipinski definition) is 1. The van der Waals surface area contributed by atoms with Crippen LogP contribution in [0.5, 0.6) is 0 Å². The Kier molecular flexibility index (Phi) is 15.5. The van der Waals surface area contributed by atoms with Crippen LogP contribution in [0.3, 0.4) is 0 Å². The van der Waals surface area contributed by atoms with Crippen molar-refractivity contribution in [1.82, 2.24) is 15.0 Å². The molecule has 7 aromatic rings. The van der Waals surface area contributed by atoms with Gasteiger partial charge in [0, 0.05) is 58.8 Å².